The van der Waals surface area contributed by atoms with Gasteiger partial charge in [-0.05, 0) is 33.3 Å². The zero-order valence-electron chi connectivity index (χ0n) is 22.0. The van der Waals surface area contributed by atoms with E-state index in [1.54, 1.807) is 11.0 Å². The average Bonchev–Trinajstić information content (AvgIpc) is 3.45. The van der Waals surface area contributed by atoms with E-state index in [-0.39, 0.29) is 24.2 Å². The van der Waals surface area contributed by atoms with Crippen LogP contribution in [0.1, 0.15) is 39.4 Å². The number of epoxide rings is 1. The van der Waals surface area contributed by atoms with Crippen LogP contribution in [-0.2, 0) is 42.7 Å². The molecule has 0 radical (unpaired) electrons. The molecule has 0 bridgehead atoms. The second-order valence-electron chi connectivity index (χ2n) is 10.6. The van der Waals surface area contributed by atoms with Crippen molar-refractivity contribution in [3.8, 4) is 0 Å². The van der Waals surface area contributed by atoms with Crippen LogP contribution in [0.3, 0.4) is 0 Å². The van der Waals surface area contributed by atoms with Crippen molar-refractivity contribution in [2.24, 2.45) is 0 Å². The molecule has 1 aromatic carbocycles. The number of ether oxygens (including phenoxy) is 7. The number of amides is 1. The maximum atomic E-state index is 13.4. The molecule has 0 saturated carbocycles. The lowest BCUT2D eigenvalue weighted by Crippen LogP contribution is -2.72. The summed E-state index contributed by atoms with van der Waals surface area (Å²) in [5.41, 5.74) is 1.03. The number of esters is 1. The number of β-lactam (4-membered cyclic amide) rings is 1. The summed E-state index contributed by atoms with van der Waals surface area (Å²) in [6, 6.07) is 8.78. The molecule has 1 amide bonds. The molecule has 0 spiro atoms. The van der Waals surface area contributed by atoms with Crippen LogP contribution in [0.2, 0.25) is 0 Å². The molecular weight excluding hydrogens is 482 g/mol. The summed E-state index contributed by atoms with van der Waals surface area (Å²) >= 11 is 0. The number of benzene rings is 1. The van der Waals surface area contributed by atoms with E-state index in [0.29, 0.717) is 6.61 Å². The van der Waals surface area contributed by atoms with E-state index in [2.05, 4.69) is 0 Å². The highest BCUT2D eigenvalue weighted by Crippen LogP contribution is 2.49. The van der Waals surface area contributed by atoms with Gasteiger partial charge >= 0.3 is 5.97 Å². The number of nitrogens with zero attached hydrogens (tertiary/aromatic N) is 1. The molecule has 1 unspecified atom stereocenters. The monoisotopic (exact) mass is 517 g/mol. The van der Waals surface area contributed by atoms with Crippen LogP contribution in [-0.4, -0.2) is 91.8 Å². The third-order valence-corrected chi connectivity index (χ3v) is 7.22. The molecule has 10 heteroatoms. The molecule has 0 aromatic heterocycles. The van der Waals surface area contributed by atoms with Crippen LogP contribution >= 0.6 is 0 Å². The highest BCUT2D eigenvalue weighted by molar-refractivity contribution is 5.90. The van der Waals surface area contributed by atoms with Crippen molar-refractivity contribution >= 4 is 11.9 Å². The molecule has 37 heavy (non-hydrogen) atoms. The summed E-state index contributed by atoms with van der Waals surface area (Å²) in [7, 11) is 2.81. The van der Waals surface area contributed by atoms with Gasteiger partial charge in [0.1, 0.15) is 30.5 Å². The van der Waals surface area contributed by atoms with E-state index in [0.717, 1.165) is 5.56 Å². The molecule has 202 valence electrons. The van der Waals surface area contributed by atoms with Crippen LogP contribution in [0, 0.1) is 0 Å². The fourth-order valence-electron chi connectivity index (χ4n) is 5.57. The summed E-state index contributed by atoms with van der Waals surface area (Å²) in [6.45, 7) is 7.60. The molecule has 10 nitrogen and oxygen atoms in total. The predicted molar refractivity (Wildman–Crippen MR) is 129 cm³/mol. The molecule has 4 fully saturated rings. The average molecular weight is 518 g/mol. The van der Waals surface area contributed by atoms with E-state index in [4.69, 9.17) is 33.2 Å². The van der Waals surface area contributed by atoms with Gasteiger partial charge in [-0.2, -0.15) is 0 Å². The summed E-state index contributed by atoms with van der Waals surface area (Å²) in [5.74, 6) is -2.48. The Morgan fingerprint density at radius 1 is 1.05 bits per heavy atom. The summed E-state index contributed by atoms with van der Waals surface area (Å²) < 4.78 is 41.0. The molecule has 4 heterocycles. The second kappa shape index (κ2) is 9.76. The van der Waals surface area contributed by atoms with Crippen molar-refractivity contribution in [1.82, 2.24) is 4.90 Å². The highest BCUT2D eigenvalue weighted by Gasteiger charge is 2.64. The van der Waals surface area contributed by atoms with Crippen LogP contribution < -0.4 is 0 Å². The molecule has 0 N–H and O–H groups in total. The van der Waals surface area contributed by atoms with Gasteiger partial charge in [0, 0.05) is 13.2 Å². The Kier molecular flexibility index (Phi) is 6.93. The van der Waals surface area contributed by atoms with Crippen LogP contribution in [0.4, 0.5) is 0 Å². The number of hydrogen-bond acceptors (Lipinski definition) is 9. The van der Waals surface area contributed by atoms with Crippen molar-refractivity contribution in [3.63, 3.8) is 0 Å². The van der Waals surface area contributed by atoms with E-state index in [1.807, 2.05) is 58.0 Å². The van der Waals surface area contributed by atoms with E-state index >= 15 is 0 Å². The number of carbonyl (C=O) groups is 2. The quantitative estimate of drug-likeness (QED) is 0.222. The summed E-state index contributed by atoms with van der Waals surface area (Å²) in [6.07, 6.45) is 0.179. The molecule has 1 aromatic rings. The zero-order chi connectivity index (χ0) is 26.5. The third-order valence-electron chi connectivity index (χ3n) is 7.22. The standard InChI is InChI=1S/C27H35NO9/c1-26(2)33-14-17(35-26)22-21(36-27(3,4)37-22)16(12-13-18(29)31-5)28-19(24(32-6)25(28)30)23-20(34-23)15-10-8-7-9-11-15/h7-13,16-17,19-24H,14H2,1-6H3/b13-12+/t16-,17+,19-,20?,21+,22-,23+,24+/m0/s1. The predicted octanol–water partition coefficient (Wildman–Crippen LogP) is 2.12. The lowest BCUT2D eigenvalue weighted by Gasteiger charge is -2.50. The van der Waals surface area contributed by atoms with E-state index in [9.17, 15) is 9.59 Å². The number of methoxy groups -OCH3 is 2. The highest BCUT2D eigenvalue weighted by atomic mass is 16.8. The first-order valence-corrected chi connectivity index (χ1v) is 12.5. The summed E-state index contributed by atoms with van der Waals surface area (Å²) in [4.78, 5) is 27.2. The van der Waals surface area contributed by atoms with Crippen molar-refractivity contribution < 1.29 is 42.7 Å². The zero-order valence-corrected chi connectivity index (χ0v) is 22.0. The van der Waals surface area contributed by atoms with E-state index in [1.165, 1.54) is 20.3 Å². The van der Waals surface area contributed by atoms with Gasteiger partial charge in [0.2, 0.25) is 0 Å². The van der Waals surface area contributed by atoms with Crippen LogP contribution in [0.15, 0.2) is 42.5 Å². The Balaban J connectivity index is 1.47. The topological polar surface area (TPSA) is 105 Å². The molecular formula is C27H35NO9. The molecule has 5 rings (SSSR count). The largest absolute Gasteiger partial charge is 0.466 e. The molecule has 4 saturated heterocycles. The number of rotatable bonds is 8. The fourth-order valence-corrected chi connectivity index (χ4v) is 5.57. The molecule has 4 aliphatic heterocycles. The van der Waals surface area contributed by atoms with Gasteiger partial charge in [0.25, 0.3) is 5.91 Å². The van der Waals surface area contributed by atoms with Crippen molar-refractivity contribution in [2.45, 2.75) is 88.0 Å². The van der Waals surface area contributed by atoms with Gasteiger partial charge in [-0.1, -0.05) is 36.4 Å². The third kappa shape index (κ3) is 5.06. The van der Waals surface area contributed by atoms with Crippen LogP contribution in [0.25, 0.3) is 0 Å². The minimum Gasteiger partial charge on any atom is -0.466 e. The summed E-state index contributed by atoms with van der Waals surface area (Å²) in [5, 5.41) is 0. The fraction of sp³-hybridized carbons (Fsp3) is 0.630. The Labute approximate surface area is 216 Å². The second-order valence-corrected chi connectivity index (χ2v) is 10.6. The Morgan fingerprint density at radius 3 is 2.41 bits per heavy atom. The molecule has 4 aliphatic rings. The number of carbonyl (C=O) groups excluding carboxylic acids is 2. The first-order chi connectivity index (χ1) is 17.5. The van der Waals surface area contributed by atoms with Crippen molar-refractivity contribution in [1.29, 1.82) is 0 Å². The maximum Gasteiger partial charge on any atom is 0.330 e. The number of likely N-dealkylation sites (tertiary alicyclic amines) is 1. The van der Waals surface area contributed by atoms with Gasteiger partial charge in [0.15, 0.2) is 17.7 Å². The maximum absolute atomic E-state index is 13.4. The van der Waals surface area contributed by atoms with Gasteiger partial charge in [0.05, 0.1) is 25.8 Å². The van der Waals surface area contributed by atoms with Gasteiger partial charge in [-0.25, -0.2) is 4.79 Å². The first kappa shape index (κ1) is 26.3. The lowest BCUT2D eigenvalue weighted by atomic mass is 9.86. The van der Waals surface area contributed by atoms with Gasteiger partial charge in [-0.15, -0.1) is 0 Å². The Hall–Kier alpha value is -2.34. The lowest BCUT2D eigenvalue weighted by molar-refractivity contribution is -0.185. The minimum absolute atomic E-state index is 0.162. The van der Waals surface area contributed by atoms with E-state index < -0.39 is 48.0 Å². The van der Waals surface area contributed by atoms with Gasteiger partial charge in [-0.3, -0.25) is 4.79 Å². The minimum atomic E-state index is -0.949. The SMILES string of the molecule is COC(=O)/C=C/[C@@H]([C@H]1OC(C)(C)O[C@H]1[C@H]1COC(C)(C)O1)N1C(=O)[C@H](OC)[C@@H]1[C@H]1OC1c1ccccc1. The normalized spacial score (nSPS) is 37.0. The van der Waals surface area contributed by atoms with Crippen molar-refractivity contribution in [3.05, 3.63) is 48.0 Å². The molecule has 0 aliphatic carbocycles. The smallest absolute Gasteiger partial charge is 0.330 e. The van der Waals surface area contributed by atoms with Crippen LogP contribution in [0.5, 0.6) is 0 Å². The van der Waals surface area contributed by atoms with Crippen molar-refractivity contribution in [2.75, 3.05) is 20.8 Å². The van der Waals surface area contributed by atoms with Gasteiger partial charge < -0.3 is 38.1 Å². The Bertz CT molecular complexity index is 1040. The Morgan fingerprint density at radius 2 is 1.78 bits per heavy atom. The first-order valence-electron chi connectivity index (χ1n) is 12.5. The number of hydrogen-bond donors (Lipinski definition) is 0. The molecule has 8 atom stereocenters.